The van der Waals surface area contributed by atoms with Crippen molar-refractivity contribution < 1.29 is 0 Å². The second-order valence-electron chi connectivity index (χ2n) is 8.29. The molecule has 0 N–H and O–H groups in total. The number of hydrogen-bond acceptors (Lipinski definition) is 5. The molecule has 2 aromatic heterocycles. The number of fused-ring (bicyclic) bond motifs is 1. The molecule has 2 aliphatic rings. The highest BCUT2D eigenvalue weighted by molar-refractivity contribution is 5.87. The normalized spacial score (nSPS) is 24.3. The van der Waals surface area contributed by atoms with E-state index in [1.807, 2.05) is 0 Å². The second kappa shape index (κ2) is 7.17. The monoisotopic (exact) mass is 380 g/mol. The molecule has 3 heterocycles. The van der Waals surface area contributed by atoms with Crippen molar-refractivity contribution >= 4 is 22.7 Å². The molecule has 0 aromatic carbocycles. The summed E-state index contributed by atoms with van der Waals surface area (Å²) in [5, 5.41) is 0. The summed E-state index contributed by atoms with van der Waals surface area (Å²) in [7, 11) is 1.70. The van der Waals surface area contributed by atoms with Crippen LogP contribution in [0.4, 0.5) is 11.6 Å². The van der Waals surface area contributed by atoms with Gasteiger partial charge in [-0.15, -0.1) is 4.98 Å². The van der Waals surface area contributed by atoms with Crippen LogP contribution in [-0.2, 0) is 7.05 Å². The van der Waals surface area contributed by atoms with E-state index in [-0.39, 0.29) is 11.7 Å². The minimum Gasteiger partial charge on any atom is -0.361 e. The van der Waals surface area contributed by atoms with Gasteiger partial charge in [0, 0.05) is 38.3 Å². The van der Waals surface area contributed by atoms with Crippen LogP contribution in [0.15, 0.2) is 16.9 Å². The first-order chi connectivity index (χ1) is 13.4. The van der Waals surface area contributed by atoms with Crippen LogP contribution in [-0.4, -0.2) is 50.7 Å². The summed E-state index contributed by atoms with van der Waals surface area (Å²) in [5.41, 5.74) is 1.07. The number of rotatable bonds is 4. The van der Waals surface area contributed by atoms with Crippen molar-refractivity contribution in [3.8, 4) is 0 Å². The molecule has 3 atom stereocenters. The summed E-state index contributed by atoms with van der Waals surface area (Å²) >= 11 is 0. The molecule has 0 spiro atoms. The van der Waals surface area contributed by atoms with Crippen LogP contribution in [0.5, 0.6) is 0 Å². The number of aromatic nitrogens is 3. The molecule has 0 amide bonds. The smallest absolute Gasteiger partial charge is 0.350 e. The molecule has 1 unspecified atom stereocenters. The van der Waals surface area contributed by atoms with Crippen LogP contribution in [0.3, 0.4) is 0 Å². The fraction of sp³-hybridized carbons (Fsp3) is 0.619. The number of pyridine rings is 1. The van der Waals surface area contributed by atoms with Crippen molar-refractivity contribution in [1.29, 1.82) is 0 Å². The molecular weight excluding hydrogens is 352 g/mol. The maximum atomic E-state index is 12.5. The average Bonchev–Trinajstić information content (AvgIpc) is 3.52. The molecule has 2 fully saturated rings. The van der Waals surface area contributed by atoms with E-state index in [0.717, 1.165) is 19.0 Å². The summed E-state index contributed by atoms with van der Waals surface area (Å²) in [6.45, 7) is 15.8. The fourth-order valence-electron chi connectivity index (χ4n) is 4.69. The maximum absolute atomic E-state index is 12.5. The van der Waals surface area contributed by atoms with E-state index in [4.69, 9.17) is 6.57 Å². The van der Waals surface area contributed by atoms with Gasteiger partial charge in [-0.25, -0.2) is 4.79 Å². The summed E-state index contributed by atoms with van der Waals surface area (Å²) < 4.78 is 1.50. The molecule has 148 valence electrons. The number of anilines is 1. The highest BCUT2D eigenvalue weighted by Crippen LogP contribution is 2.39. The summed E-state index contributed by atoms with van der Waals surface area (Å²) in [5.74, 6) is 1.78. The van der Waals surface area contributed by atoms with Crippen molar-refractivity contribution in [3.63, 3.8) is 0 Å². The molecule has 7 heteroatoms. The van der Waals surface area contributed by atoms with Gasteiger partial charge in [0.15, 0.2) is 5.82 Å². The first kappa shape index (κ1) is 18.9. The average molecular weight is 380 g/mol. The molecule has 1 saturated heterocycles. The second-order valence-corrected chi connectivity index (χ2v) is 8.29. The Kier molecular flexibility index (Phi) is 4.84. The Morgan fingerprint density at radius 2 is 1.96 bits per heavy atom. The third-order valence-electron chi connectivity index (χ3n) is 6.35. The van der Waals surface area contributed by atoms with Gasteiger partial charge in [-0.05, 0) is 51.2 Å². The summed E-state index contributed by atoms with van der Waals surface area (Å²) in [4.78, 5) is 29.7. The van der Waals surface area contributed by atoms with Crippen LogP contribution < -0.4 is 10.6 Å². The van der Waals surface area contributed by atoms with Crippen molar-refractivity contribution in [3.05, 3.63) is 34.0 Å². The Bertz CT molecular complexity index is 989. The summed E-state index contributed by atoms with van der Waals surface area (Å²) in [6.07, 6.45) is 3.89. The van der Waals surface area contributed by atoms with Gasteiger partial charge in [0.05, 0.1) is 5.52 Å². The van der Waals surface area contributed by atoms with Gasteiger partial charge in [0.1, 0.15) is 0 Å². The van der Waals surface area contributed by atoms with Crippen LogP contribution in [0.2, 0.25) is 0 Å². The third-order valence-corrected chi connectivity index (χ3v) is 6.35. The van der Waals surface area contributed by atoms with Gasteiger partial charge in [-0.2, -0.15) is 4.98 Å². The molecule has 0 radical (unpaired) electrons. The van der Waals surface area contributed by atoms with E-state index in [9.17, 15) is 4.79 Å². The first-order valence-electron chi connectivity index (χ1n) is 10.2. The van der Waals surface area contributed by atoms with E-state index in [1.54, 1.807) is 19.2 Å². The van der Waals surface area contributed by atoms with E-state index in [2.05, 4.69) is 45.4 Å². The van der Waals surface area contributed by atoms with Crippen molar-refractivity contribution in [2.75, 3.05) is 18.0 Å². The zero-order valence-electron chi connectivity index (χ0n) is 17.1. The van der Waals surface area contributed by atoms with Gasteiger partial charge >= 0.3 is 5.69 Å². The molecule has 28 heavy (non-hydrogen) atoms. The van der Waals surface area contributed by atoms with Gasteiger partial charge in [0.2, 0.25) is 5.52 Å². The van der Waals surface area contributed by atoms with Crippen LogP contribution in [0, 0.1) is 12.5 Å². The third kappa shape index (κ3) is 3.16. The minimum atomic E-state index is -0.286. The van der Waals surface area contributed by atoms with Crippen molar-refractivity contribution in [2.45, 2.75) is 58.2 Å². The van der Waals surface area contributed by atoms with E-state index in [1.165, 1.54) is 23.8 Å². The Morgan fingerprint density at radius 3 is 2.61 bits per heavy atom. The molecule has 0 bridgehead atoms. The Balaban J connectivity index is 1.73. The van der Waals surface area contributed by atoms with E-state index in [0.29, 0.717) is 34.8 Å². The van der Waals surface area contributed by atoms with Gasteiger partial charge in [-0.3, -0.25) is 9.47 Å². The SMILES string of the molecule is [C-]#[N+]c1ccc2c(n1)c(N1C[C@@H](C)N(C(CC)C3CC3)C[C@@H]1C)nc(=O)n2C. The Hall–Kier alpha value is -2.46. The molecule has 1 aliphatic carbocycles. The zero-order chi connectivity index (χ0) is 20.0. The predicted molar refractivity (Wildman–Crippen MR) is 111 cm³/mol. The predicted octanol–water partition coefficient (Wildman–Crippen LogP) is 2.97. The van der Waals surface area contributed by atoms with Crippen molar-refractivity contribution in [2.24, 2.45) is 13.0 Å². The molecule has 4 rings (SSSR count). The van der Waals surface area contributed by atoms with Crippen molar-refractivity contribution in [1.82, 2.24) is 19.4 Å². The van der Waals surface area contributed by atoms with E-state index >= 15 is 0 Å². The lowest BCUT2D eigenvalue weighted by Crippen LogP contribution is -2.60. The Morgan fingerprint density at radius 1 is 1.21 bits per heavy atom. The largest absolute Gasteiger partial charge is 0.361 e. The van der Waals surface area contributed by atoms with E-state index < -0.39 is 0 Å². The van der Waals surface area contributed by atoms with Gasteiger partial charge < -0.3 is 9.74 Å². The van der Waals surface area contributed by atoms with Gasteiger partial charge in [-0.1, -0.05) is 13.5 Å². The quantitative estimate of drug-likeness (QED) is 0.764. The standard InChI is InChI=1S/C21H28N6O/c1-6-16(15-7-8-15)26-11-14(3)27(12-13(26)2)20-19-17(25(5)21(28)24-20)9-10-18(22-4)23-19/h9-10,13-16H,6-8,11-12H2,1-3,5H3/t13-,14+,16?/m1/s1. The number of aryl methyl sites for hydroxylation is 1. The number of piperazine rings is 1. The highest BCUT2D eigenvalue weighted by atomic mass is 16.1. The summed E-state index contributed by atoms with van der Waals surface area (Å²) in [6, 6.07) is 4.72. The lowest BCUT2D eigenvalue weighted by atomic mass is 10.0. The minimum absolute atomic E-state index is 0.227. The molecule has 1 saturated carbocycles. The van der Waals surface area contributed by atoms with Crippen LogP contribution in [0.1, 0.15) is 40.0 Å². The van der Waals surface area contributed by atoms with Crippen LogP contribution >= 0.6 is 0 Å². The number of hydrogen-bond donors (Lipinski definition) is 0. The Labute approximate surface area is 165 Å². The number of nitrogens with zero attached hydrogens (tertiary/aromatic N) is 6. The van der Waals surface area contributed by atoms with Gasteiger partial charge in [0.25, 0.3) is 5.82 Å². The maximum Gasteiger partial charge on any atom is 0.350 e. The molecule has 1 aliphatic heterocycles. The highest BCUT2D eigenvalue weighted by Gasteiger charge is 2.40. The first-order valence-corrected chi connectivity index (χ1v) is 10.2. The fourth-order valence-corrected chi connectivity index (χ4v) is 4.69. The molecule has 7 nitrogen and oxygen atoms in total. The lowest BCUT2D eigenvalue weighted by molar-refractivity contribution is 0.0938. The topological polar surface area (TPSA) is 58.6 Å². The lowest BCUT2D eigenvalue weighted by Gasteiger charge is -2.47. The molecular formula is C21H28N6O. The molecule has 2 aromatic rings. The zero-order valence-corrected chi connectivity index (χ0v) is 17.1. The van der Waals surface area contributed by atoms with Crippen LogP contribution in [0.25, 0.3) is 15.9 Å².